The first-order chi connectivity index (χ1) is 9.11. The predicted molar refractivity (Wildman–Crippen MR) is 82.7 cm³/mol. The van der Waals surface area contributed by atoms with Crippen molar-refractivity contribution >= 4 is 27.5 Å². The maximum Gasteiger partial charge on any atom is 0.125 e. The molecular weight excluding hydrogens is 326 g/mol. The van der Waals surface area contributed by atoms with E-state index >= 15 is 0 Å². The third-order valence-electron chi connectivity index (χ3n) is 2.91. The molecule has 1 N–H and O–H groups in total. The van der Waals surface area contributed by atoms with Gasteiger partial charge in [-0.25, -0.2) is 0 Å². The molecule has 0 saturated heterocycles. The van der Waals surface area contributed by atoms with E-state index in [0.29, 0.717) is 0 Å². The molecule has 19 heavy (non-hydrogen) atoms. The zero-order valence-electron chi connectivity index (χ0n) is 11.0. The van der Waals surface area contributed by atoms with Gasteiger partial charge in [-0.05, 0) is 55.8 Å². The lowest BCUT2D eigenvalue weighted by Crippen LogP contribution is -2.23. The Kier molecular flexibility index (Phi) is 5.08. The highest BCUT2D eigenvalue weighted by Crippen LogP contribution is 2.31. The maximum absolute atomic E-state index is 6.11. The fourth-order valence-electron chi connectivity index (χ4n) is 2.00. The standard InChI is InChI=1S/C15H17BrClNO/c1-3-8-18-15(14-7-4-10(2)19-14)12-9-11(17)5-6-13(12)16/h4-7,9,15,18H,3,8H2,1-2H3. The van der Waals surface area contributed by atoms with Crippen LogP contribution < -0.4 is 5.32 Å². The first-order valence-electron chi connectivity index (χ1n) is 6.36. The number of aryl methyl sites for hydroxylation is 1. The quantitative estimate of drug-likeness (QED) is 0.818. The fraction of sp³-hybridized carbons (Fsp3) is 0.333. The first-order valence-corrected chi connectivity index (χ1v) is 7.53. The van der Waals surface area contributed by atoms with Gasteiger partial charge in [-0.1, -0.05) is 34.5 Å². The van der Waals surface area contributed by atoms with Gasteiger partial charge in [-0.15, -0.1) is 0 Å². The Morgan fingerprint density at radius 1 is 1.32 bits per heavy atom. The van der Waals surface area contributed by atoms with Crippen LogP contribution in [0.1, 0.15) is 36.5 Å². The molecule has 1 unspecified atom stereocenters. The van der Waals surface area contributed by atoms with Gasteiger partial charge < -0.3 is 9.73 Å². The highest BCUT2D eigenvalue weighted by Gasteiger charge is 2.19. The molecule has 2 nitrogen and oxygen atoms in total. The van der Waals surface area contributed by atoms with Crippen LogP contribution in [0.5, 0.6) is 0 Å². The molecule has 0 fully saturated rings. The van der Waals surface area contributed by atoms with E-state index in [2.05, 4.69) is 28.2 Å². The van der Waals surface area contributed by atoms with Crippen molar-refractivity contribution in [1.82, 2.24) is 5.32 Å². The lowest BCUT2D eigenvalue weighted by molar-refractivity contribution is 0.430. The summed E-state index contributed by atoms with van der Waals surface area (Å²) >= 11 is 9.70. The normalized spacial score (nSPS) is 12.6. The zero-order valence-corrected chi connectivity index (χ0v) is 13.4. The second kappa shape index (κ2) is 6.60. The van der Waals surface area contributed by atoms with Gasteiger partial charge in [0.1, 0.15) is 11.5 Å². The Bertz CT molecular complexity index is 553. The summed E-state index contributed by atoms with van der Waals surface area (Å²) < 4.78 is 6.79. The van der Waals surface area contributed by atoms with Crippen molar-refractivity contribution < 1.29 is 4.42 Å². The number of halogens is 2. The van der Waals surface area contributed by atoms with Crippen LogP contribution >= 0.6 is 27.5 Å². The van der Waals surface area contributed by atoms with Crippen molar-refractivity contribution in [3.8, 4) is 0 Å². The molecular formula is C15H17BrClNO. The van der Waals surface area contributed by atoms with Crippen molar-refractivity contribution in [2.24, 2.45) is 0 Å². The monoisotopic (exact) mass is 341 g/mol. The van der Waals surface area contributed by atoms with Crippen LogP contribution in [0.15, 0.2) is 39.2 Å². The highest BCUT2D eigenvalue weighted by molar-refractivity contribution is 9.10. The average Bonchev–Trinajstić information content (AvgIpc) is 2.80. The molecule has 2 aromatic rings. The predicted octanol–water partition coefficient (Wildman–Crippen LogP) is 5.09. The summed E-state index contributed by atoms with van der Waals surface area (Å²) in [5.74, 6) is 1.82. The summed E-state index contributed by atoms with van der Waals surface area (Å²) in [6.07, 6.45) is 1.06. The third kappa shape index (κ3) is 3.62. The summed E-state index contributed by atoms with van der Waals surface area (Å²) in [5.41, 5.74) is 1.09. The van der Waals surface area contributed by atoms with E-state index in [9.17, 15) is 0 Å². The van der Waals surface area contributed by atoms with Crippen LogP contribution in [0.3, 0.4) is 0 Å². The minimum absolute atomic E-state index is 0.0155. The summed E-state index contributed by atoms with van der Waals surface area (Å²) in [6.45, 7) is 5.02. The van der Waals surface area contributed by atoms with E-state index in [1.54, 1.807) is 0 Å². The molecule has 0 amide bonds. The molecule has 0 spiro atoms. The smallest absolute Gasteiger partial charge is 0.125 e. The molecule has 0 saturated carbocycles. The van der Waals surface area contributed by atoms with E-state index in [1.807, 2.05) is 37.3 Å². The van der Waals surface area contributed by atoms with E-state index in [0.717, 1.165) is 39.5 Å². The second-order valence-electron chi connectivity index (χ2n) is 4.50. The Morgan fingerprint density at radius 2 is 2.11 bits per heavy atom. The van der Waals surface area contributed by atoms with Gasteiger partial charge in [0.2, 0.25) is 0 Å². The van der Waals surface area contributed by atoms with E-state index < -0.39 is 0 Å². The maximum atomic E-state index is 6.11. The van der Waals surface area contributed by atoms with Gasteiger partial charge in [-0.2, -0.15) is 0 Å². The van der Waals surface area contributed by atoms with Crippen molar-refractivity contribution in [2.75, 3.05) is 6.54 Å². The molecule has 2 rings (SSSR count). The van der Waals surface area contributed by atoms with Crippen molar-refractivity contribution in [3.05, 3.63) is 56.9 Å². The van der Waals surface area contributed by atoms with Crippen LogP contribution in [-0.2, 0) is 0 Å². The van der Waals surface area contributed by atoms with Crippen LogP contribution in [-0.4, -0.2) is 6.54 Å². The Hall–Kier alpha value is -0.770. The molecule has 0 bridgehead atoms. The van der Waals surface area contributed by atoms with Crippen molar-refractivity contribution in [1.29, 1.82) is 0 Å². The van der Waals surface area contributed by atoms with Gasteiger partial charge in [0, 0.05) is 9.50 Å². The largest absolute Gasteiger partial charge is 0.464 e. The number of nitrogens with one attached hydrogen (secondary N) is 1. The van der Waals surface area contributed by atoms with Gasteiger partial charge in [0.25, 0.3) is 0 Å². The highest BCUT2D eigenvalue weighted by atomic mass is 79.9. The fourth-order valence-corrected chi connectivity index (χ4v) is 2.65. The molecule has 1 heterocycles. The number of hydrogen-bond donors (Lipinski definition) is 1. The Morgan fingerprint density at radius 3 is 2.74 bits per heavy atom. The number of benzene rings is 1. The number of rotatable bonds is 5. The Balaban J connectivity index is 2.39. The summed E-state index contributed by atoms with van der Waals surface area (Å²) in [5, 5.41) is 4.23. The van der Waals surface area contributed by atoms with Crippen molar-refractivity contribution in [2.45, 2.75) is 26.3 Å². The molecule has 0 aliphatic carbocycles. The lowest BCUT2D eigenvalue weighted by atomic mass is 10.0. The number of hydrogen-bond acceptors (Lipinski definition) is 2. The lowest BCUT2D eigenvalue weighted by Gasteiger charge is -2.18. The van der Waals surface area contributed by atoms with Crippen LogP contribution in [0.25, 0.3) is 0 Å². The summed E-state index contributed by atoms with van der Waals surface area (Å²) in [7, 11) is 0. The van der Waals surface area contributed by atoms with E-state index in [1.165, 1.54) is 0 Å². The molecule has 102 valence electrons. The minimum atomic E-state index is 0.0155. The van der Waals surface area contributed by atoms with Gasteiger partial charge in [-0.3, -0.25) is 0 Å². The van der Waals surface area contributed by atoms with Crippen LogP contribution in [0.2, 0.25) is 5.02 Å². The average molecular weight is 343 g/mol. The molecule has 1 atom stereocenters. The molecule has 0 radical (unpaired) electrons. The molecule has 1 aromatic heterocycles. The van der Waals surface area contributed by atoms with Crippen molar-refractivity contribution in [3.63, 3.8) is 0 Å². The Labute approximate surface area is 127 Å². The van der Waals surface area contributed by atoms with Crippen LogP contribution in [0, 0.1) is 6.92 Å². The van der Waals surface area contributed by atoms with E-state index in [-0.39, 0.29) is 6.04 Å². The first kappa shape index (κ1) is 14.6. The minimum Gasteiger partial charge on any atom is -0.464 e. The van der Waals surface area contributed by atoms with Crippen LogP contribution in [0.4, 0.5) is 0 Å². The van der Waals surface area contributed by atoms with Gasteiger partial charge in [0.05, 0.1) is 6.04 Å². The third-order valence-corrected chi connectivity index (χ3v) is 3.87. The zero-order chi connectivity index (χ0) is 13.8. The molecule has 4 heteroatoms. The molecule has 1 aromatic carbocycles. The van der Waals surface area contributed by atoms with Gasteiger partial charge >= 0.3 is 0 Å². The summed E-state index contributed by atoms with van der Waals surface area (Å²) in [6, 6.07) is 9.82. The SMILES string of the molecule is CCCNC(c1ccc(C)o1)c1cc(Cl)ccc1Br. The number of furan rings is 1. The summed E-state index contributed by atoms with van der Waals surface area (Å²) in [4.78, 5) is 0. The second-order valence-corrected chi connectivity index (χ2v) is 5.79. The van der Waals surface area contributed by atoms with Gasteiger partial charge in [0.15, 0.2) is 0 Å². The molecule has 0 aliphatic heterocycles. The van der Waals surface area contributed by atoms with E-state index in [4.69, 9.17) is 16.0 Å². The molecule has 0 aliphatic rings. The topological polar surface area (TPSA) is 25.2 Å².